The Bertz CT molecular complexity index is 5990. The second kappa shape index (κ2) is 45.3. The van der Waals surface area contributed by atoms with Crippen LogP contribution in [0.25, 0.3) is 44.5 Å². The van der Waals surface area contributed by atoms with Crippen LogP contribution in [0.15, 0.2) is 172 Å². The Kier molecular flexibility index (Phi) is 33.1. The molecule has 10 N–H and O–H groups in total. The fraction of sp³-hybridized carbons (Fsp3) is 0.359. The number of amides is 1. The third kappa shape index (κ3) is 23.8. The van der Waals surface area contributed by atoms with E-state index in [0.717, 1.165) is 273 Å². The minimum Gasteiger partial charge on any atom is -1.00 e. The SMILES string of the molecule is CNCCCN(C)c1nc(Cc2cccnc2)cc2c1-c1ccc(C(=O)OC)cc1C2.COC(=O)c1ccc2c(c1)Cc1cc(Cc3ccsc3)nc(NC3CCC(N)CC3)c1-2.COC(=O)c1ccc2c(c1)Cc1cc(Cc3ccsc3)nc(NCCC[N+]3(CC(N)=O)CCCCC3)c1-2.COC(=O)c1ccc2c(c1)Cc1cc(Cc3ccsc3)nc(NCCN(C)CCN)c1-2.[I-]. The Morgan fingerprint density at radius 2 is 0.908 bits per heavy atom. The first kappa shape index (κ1) is 95.9. The van der Waals surface area contributed by atoms with E-state index in [1.807, 2.05) is 92.1 Å². The predicted molar refractivity (Wildman–Crippen MR) is 520 cm³/mol. The number of nitrogens with two attached hydrogens (primary N) is 3. The summed E-state index contributed by atoms with van der Waals surface area (Å²) in [5, 5.41) is 27.0. The number of pyridine rings is 5. The van der Waals surface area contributed by atoms with E-state index in [1.165, 1.54) is 84.9 Å². The molecule has 1 saturated carbocycles. The van der Waals surface area contributed by atoms with Crippen molar-refractivity contribution in [1.82, 2.24) is 35.1 Å². The van der Waals surface area contributed by atoms with E-state index in [2.05, 4.69) is 131 Å². The topological polar surface area (TPSA) is 319 Å². The standard InChI is InChI=1S/C29H34N4O3S.C25H28N4O2.C25H27N3O2S.C24H28N4O2S.HI/c1-36-29(35)21-6-7-25-22(15-21)16-23-17-24(14-20-8-13-37-19-20)32-28(27(23)25)31-9-5-12-33(18-26(30)34)10-3-2-4-11-33;1-26-9-5-11-29(2)24-23-20(15-21(28-24)12-17-6-4-10-27-16-17)14-19-13-18(25(30)31-3)7-8-22(19)23;1-30-25(29)16-2-7-22-17(11-16)12-18-13-21(10-15-8-9-31-14-15)28-24(23(18)22)27-20-5-3-19(26)4-6-20;1-28(8-6-25)9-7-26-23-22-19(14-20(27-23)11-16-5-10-31-15-16)13-18-12-17(24(29)30-2)3-4-21(18)22;/h6-8,13,15,17,19H,2-5,9-12,14,16,18H2,1H3,(H2-,30,31,32,34,35);4,6-8,10,13,15-16,26H,5,9,11-12,14H2,1-3H3;2,7-9,11,13-14,19-20H,3-6,10,12,26H2,1H3,(H,27,28);3-5,10,12,14-15H,6-9,11,13,25H2,1-2H3,(H,26,27);1H. The molecule has 684 valence electrons. The number of aromatic nitrogens is 5. The number of methoxy groups -OCH3 is 4. The zero-order valence-corrected chi connectivity index (χ0v) is 80.4. The van der Waals surface area contributed by atoms with E-state index in [9.17, 15) is 24.0 Å². The molecule has 1 amide bonds. The minimum atomic E-state index is -0.320. The summed E-state index contributed by atoms with van der Waals surface area (Å²) in [6, 6.07) is 43.3. The Hall–Kier alpha value is -11.2. The van der Waals surface area contributed by atoms with Crippen LogP contribution in [0.3, 0.4) is 0 Å². The van der Waals surface area contributed by atoms with Crippen LogP contribution in [-0.2, 0) is 75.1 Å². The number of esters is 4. The van der Waals surface area contributed by atoms with Crippen LogP contribution in [0.4, 0.5) is 23.3 Å². The van der Waals surface area contributed by atoms with Gasteiger partial charge in [0, 0.05) is 148 Å². The van der Waals surface area contributed by atoms with Gasteiger partial charge in [-0.15, -0.1) is 0 Å². The van der Waals surface area contributed by atoms with Gasteiger partial charge in [0.15, 0.2) is 6.54 Å². The molecule has 0 radical (unpaired) electrons. The maximum atomic E-state index is 12.1. The molecule has 8 aromatic heterocycles. The number of ether oxygens (including phenoxy) is 4. The summed E-state index contributed by atoms with van der Waals surface area (Å²) in [6.07, 6.45) is 19.7. The quantitative estimate of drug-likeness (QED) is 0.00677. The smallest absolute Gasteiger partial charge is 0.337 e. The van der Waals surface area contributed by atoms with Gasteiger partial charge in [-0.3, -0.25) is 9.78 Å². The highest BCUT2D eigenvalue weighted by Gasteiger charge is 2.35. The number of hydrogen-bond donors (Lipinski definition) is 7. The van der Waals surface area contributed by atoms with Crippen molar-refractivity contribution in [3.63, 3.8) is 0 Å². The van der Waals surface area contributed by atoms with Crippen molar-refractivity contribution in [2.24, 2.45) is 17.2 Å². The number of carbonyl (C=O) groups is 5. The summed E-state index contributed by atoms with van der Waals surface area (Å²) >= 11 is 5.11. The van der Waals surface area contributed by atoms with Crippen molar-refractivity contribution in [3.8, 4) is 44.5 Å². The largest absolute Gasteiger partial charge is 1.00 e. The normalized spacial score (nSPS) is 14.6. The minimum absolute atomic E-state index is 0. The first-order valence-corrected chi connectivity index (χ1v) is 47.9. The number of halogens is 1. The molecule has 6 aliphatic rings. The second-order valence-corrected chi connectivity index (χ2v) is 37.1. The zero-order chi connectivity index (χ0) is 90.8. The molecule has 9 heterocycles. The number of fused-ring (bicyclic) bond motifs is 12. The monoisotopic (exact) mass is 1930 g/mol. The van der Waals surface area contributed by atoms with E-state index < -0.39 is 0 Å². The fourth-order valence-corrected chi connectivity index (χ4v) is 21.0. The highest BCUT2D eigenvalue weighted by atomic mass is 127. The number of rotatable bonds is 32. The van der Waals surface area contributed by atoms with Crippen LogP contribution in [0.1, 0.15) is 189 Å². The van der Waals surface area contributed by atoms with Gasteiger partial charge in [-0.2, -0.15) is 34.0 Å². The average molecular weight is 1930 g/mol. The Morgan fingerprint density at radius 3 is 1.33 bits per heavy atom. The number of thiophene rings is 3. The van der Waals surface area contributed by atoms with E-state index in [1.54, 1.807) is 40.2 Å². The van der Waals surface area contributed by atoms with Gasteiger partial charge in [-0.05, 0) is 316 Å². The molecule has 5 aliphatic carbocycles. The van der Waals surface area contributed by atoms with Crippen molar-refractivity contribution in [1.29, 1.82) is 0 Å². The molecule has 1 aliphatic heterocycles. The van der Waals surface area contributed by atoms with Crippen molar-refractivity contribution < 1.29 is 71.4 Å². The maximum Gasteiger partial charge on any atom is 0.337 e. The van der Waals surface area contributed by atoms with Gasteiger partial charge in [0.05, 0.1) is 70.3 Å². The van der Waals surface area contributed by atoms with Gasteiger partial charge in [-0.25, -0.2) is 39.1 Å². The Labute approximate surface area is 797 Å². The fourth-order valence-electron chi connectivity index (χ4n) is 19.0. The molecular formula is C103H118IN15O9S3. The summed E-state index contributed by atoms with van der Waals surface area (Å²) < 4.78 is 20.4. The molecule has 24 nitrogen and oxygen atoms in total. The van der Waals surface area contributed by atoms with Gasteiger partial charge in [0.2, 0.25) is 0 Å². The predicted octanol–water partition coefficient (Wildman–Crippen LogP) is 13.0. The summed E-state index contributed by atoms with van der Waals surface area (Å²) in [5.74, 6) is 2.32. The van der Waals surface area contributed by atoms with E-state index >= 15 is 0 Å². The van der Waals surface area contributed by atoms with Gasteiger partial charge >= 0.3 is 23.9 Å². The van der Waals surface area contributed by atoms with Crippen LogP contribution < -0.4 is 67.3 Å². The number of nitrogens with one attached hydrogen (secondary N) is 4. The lowest BCUT2D eigenvalue weighted by atomic mass is 9.91. The number of benzene rings is 4. The zero-order valence-electron chi connectivity index (χ0n) is 75.8. The molecule has 28 heteroatoms. The highest BCUT2D eigenvalue weighted by Crippen LogP contribution is 2.47. The van der Waals surface area contributed by atoms with Crippen LogP contribution >= 0.6 is 34.0 Å². The van der Waals surface area contributed by atoms with Crippen LogP contribution in [0.5, 0.6) is 0 Å². The Balaban J connectivity index is 0.000000141. The molecule has 1 saturated heterocycles. The first-order chi connectivity index (χ1) is 63.2. The number of carbonyl (C=O) groups excluding carboxylic acids is 5. The van der Waals surface area contributed by atoms with Gasteiger partial charge in [-0.1, -0.05) is 30.3 Å². The number of nitrogens with zero attached hydrogens (tertiary/aromatic N) is 8. The molecule has 131 heavy (non-hydrogen) atoms. The van der Waals surface area contributed by atoms with Crippen LogP contribution in [0, 0.1) is 0 Å². The second-order valence-electron chi connectivity index (χ2n) is 34.7. The molecule has 12 aromatic rings. The van der Waals surface area contributed by atoms with Crippen LogP contribution in [-0.4, -0.2) is 198 Å². The highest BCUT2D eigenvalue weighted by molar-refractivity contribution is 7.08. The molecule has 0 bridgehead atoms. The number of quaternary nitrogens is 1. The third-order valence-corrected chi connectivity index (χ3v) is 27.6. The number of hydrogen-bond acceptors (Lipinski definition) is 25. The van der Waals surface area contributed by atoms with Crippen molar-refractivity contribution in [3.05, 3.63) is 284 Å². The lowest BCUT2D eigenvalue weighted by molar-refractivity contribution is -0.925. The first-order valence-electron chi connectivity index (χ1n) is 45.0. The maximum absolute atomic E-state index is 12.1. The van der Waals surface area contributed by atoms with Crippen molar-refractivity contribution >= 4 is 87.1 Å². The molecule has 2 fully saturated rings. The van der Waals surface area contributed by atoms with Crippen molar-refractivity contribution in [2.75, 3.05) is 142 Å². The number of piperidine rings is 1. The summed E-state index contributed by atoms with van der Waals surface area (Å²) in [4.78, 5) is 88.8. The molecule has 0 spiro atoms. The van der Waals surface area contributed by atoms with E-state index in [4.69, 9.17) is 56.1 Å². The third-order valence-electron chi connectivity index (χ3n) is 25.4. The van der Waals surface area contributed by atoms with E-state index in [0.29, 0.717) is 47.4 Å². The van der Waals surface area contributed by atoms with Gasteiger partial charge < -0.3 is 95.7 Å². The van der Waals surface area contributed by atoms with E-state index in [-0.39, 0.29) is 53.8 Å². The molecule has 18 rings (SSSR count). The summed E-state index contributed by atoms with van der Waals surface area (Å²) in [7, 11) is 11.8. The number of primary amides is 1. The van der Waals surface area contributed by atoms with Crippen molar-refractivity contribution in [2.45, 2.75) is 121 Å². The number of likely N-dealkylation sites (tertiary alicyclic amines) is 1. The molecule has 0 atom stereocenters. The molecule has 0 unspecified atom stereocenters. The molecule has 4 aromatic carbocycles. The van der Waals surface area contributed by atoms with Crippen LogP contribution in [0.2, 0.25) is 0 Å². The van der Waals surface area contributed by atoms with Gasteiger partial charge in [0.25, 0.3) is 5.91 Å². The average Bonchev–Trinajstić information content (AvgIpc) is 1.60. The Morgan fingerprint density at radius 1 is 0.481 bits per heavy atom. The number of anilines is 4. The summed E-state index contributed by atoms with van der Waals surface area (Å²) in [5.41, 5.74) is 47.6. The lowest BCUT2D eigenvalue weighted by Crippen LogP contribution is -3.00. The number of likely N-dealkylation sites (N-methyl/N-ethyl adjacent to an activating group) is 1. The summed E-state index contributed by atoms with van der Waals surface area (Å²) in [6.45, 7) is 9.25. The lowest BCUT2D eigenvalue weighted by Gasteiger charge is -2.40. The molecular weight excluding hydrogens is 1810 g/mol. The van der Waals surface area contributed by atoms with Gasteiger partial charge in [0.1, 0.15) is 23.3 Å².